The third-order valence-corrected chi connectivity index (χ3v) is 4.45. The summed E-state index contributed by atoms with van der Waals surface area (Å²) in [4.78, 5) is 0. The number of hydrogen-bond acceptors (Lipinski definition) is 0. The summed E-state index contributed by atoms with van der Waals surface area (Å²) >= 11 is 0. The monoisotopic (exact) mass is 204 g/mol. The summed E-state index contributed by atoms with van der Waals surface area (Å²) in [5.41, 5.74) is 3.31. The van der Waals surface area contributed by atoms with Crippen molar-refractivity contribution in [1.29, 1.82) is 0 Å². The second kappa shape index (κ2) is 4.15. The minimum Gasteiger partial charge on any atom is -0.0812 e. The van der Waals surface area contributed by atoms with Gasteiger partial charge in [-0.1, -0.05) is 44.1 Å². The number of hydrogen-bond donors (Lipinski definition) is 0. The van der Waals surface area contributed by atoms with Gasteiger partial charge in [-0.25, -0.2) is 0 Å². The lowest BCUT2D eigenvalue weighted by molar-refractivity contribution is 0.439. The highest BCUT2D eigenvalue weighted by atomic mass is 14.4. The summed E-state index contributed by atoms with van der Waals surface area (Å²) in [5, 5.41) is 0. The Morgan fingerprint density at radius 2 is 2.00 bits per heavy atom. The fourth-order valence-electron chi connectivity index (χ4n) is 3.21. The third-order valence-electron chi connectivity index (χ3n) is 4.45. The molecule has 0 aromatic rings. The SMILES string of the molecule is CC1=CCC(C(C)C)=C[C@@H]2[C@@H](C)CC[C@@H]12. The molecule has 0 radical (unpaired) electrons. The Balaban J connectivity index is 2.29. The standard InChI is InChI=1S/C15H24/c1-10(2)13-7-5-11(3)14-8-6-12(4)15(14)9-13/h5,9-10,12,14-15H,6-8H2,1-4H3/t12-,14-,15+/m0/s1. The first-order valence-electron chi connectivity index (χ1n) is 6.47. The van der Waals surface area contributed by atoms with Gasteiger partial charge in [0.15, 0.2) is 0 Å². The van der Waals surface area contributed by atoms with Gasteiger partial charge in [-0.05, 0) is 49.9 Å². The molecular formula is C15H24. The zero-order chi connectivity index (χ0) is 11.0. The molecule has 0 aromatic heterocycles. The molecule has 1 fully saturated rings. The maximum absolute atomic E-state index is 2.61. The van der Waals surface area contributed by atoms with Gasteiger partial charge in [0, 0.05) is 0 Å². The molecule has 0 amide bonds. The predicted molar refractivity (Wildman–Crippen MR) is 66.7 cm³/mol. The van der Waals surface area contributed by atoms with Gasteiger partial charge < -0.3 is 0 Å². The van der Waals surface area contributed by atoms with E-state index in [1.54, 1.807) is 11.1 Å². The lowest BCUT2D eigenvalue weighted by Gasteiger charge is -2.20. The smallest absolute Gasteiger partial charge is 0.0133 e. The molecule has 2 aliphatic carbocycles. The van der Waals surface area contributed by atoms with E-state index in [0.717, 1.165) is 23.7 Å². The molecule has 84 valence electrons. The average molecular weight is 204 g/mol. The van der Waals surface area contributed by atoms with Crippen molar-refractivity contribution in [3.63, 3.8) is 0 Å². The second-order valence-corrected chi connectivity index (χ2v) is 5.79. The van der Waals surface area contributed by atoms with Crippen LogP contribution in [-0.4, -0.2) is 0 Å². The van der Waals surface area contributed by atoms with E-state index in [4.69, 9.17) is 0 Å². The zero-order valence-corrected chi connectivity index (χ0v) is 10.6. The molecule has 2 rings (SSSR count). The van der Waals surface area contributed by atoms with Gasteiger partial charge in [0.1, 0.15) is 0 Å². The van der Waals surface area contributed by atoms with Crippen LogP contribution in [0.3, 0.4) is 0 Å². The van der Waals surface area contributed by atoms with E-state index in [9.17, 15) is 0 Å². The molecule has 0 spiro atoms. The molecule has 0 heteroatoms. The molecule has 2 aliphatic rings. The summed E-state index contributed by atoms with van der Waals surface area (Å²) in [5.74, 6) is 3.31. The fourth-order valence-corrected chi connectivity index (χ4v) is 3.21. The van der Waals surface area contributed by atoms with Crippen LogP contribution in [-0.2, 0) is 0 Å². The van der Waals surface area contributed by atoms with E-state index in [2.05, 4.69) is 39.8 Å². The van der Waals surface area contributed by atoms with Crippen LogP contribution in [0.25, 0.3) is 0 Å². The van der Waals surface area contributed by atoms with Crippen molar-refractivity contribution in [1.82, 2.24) is 0 Å². The highest BCUT2D eigenvalue weighted by Gasteiger charge is 2.34. The van der Waals surface area contributed by atoms with Gasteiger partial charge in [0.2, 0.25) is 0 Å². The molecule has 1 saturated carbocycles. The first kappa shape index (κ1) is 11.0. The summed E-state index contributed by atoms with van der Waals surface area (Å²) in [6, 6.07) is 0. The summed E-state index contributed by atoms with van der Waals surface area (Å²) in [6.07, 6.45) is 9.12. The predicted octanol–water partition coefficient (Wildman–Crippen LogP) is 4.58. The topological polar surface area (TPSA) is 0 Å². The summed E-state index contributed by atoms with van der Waals surface area (Å²) in [6.45, 7) is 9.43. The molecule has 0 heterocycles. The quantitative estimate of drug-likeness (QED) is 0.548. The van der Waals surface area contributed by atoms with Crippen LogP contribution in [0.5, 0.6) is 0 Å². The summed E-state index contributed by atoms with van der Waals surface area (Å²) in [7, 11) is 0. The van der Waals surface area contributed by atoms with E-state index < -0.39 is 0 Å². The van der Waals surface area contributed by atoms with Crippen LogP contribution in [0.1, 0.15) is 47.0 Å². The first-order valence-corrected chi connectivity index (χ1v) is 6.47. The number of fused-ring (bicyclic) bond motifs is 1. The normalized spacial score (nSPS) is 35.9. The first-order chi connectivity index (χ1) is 7.09. The van der Waals surface area contributed by atoms with Crippen molar-refractivity contribution in [2.45, 2.75) is 47.0 Å². The van der Waals surface area contributed by atoms with E-state index in [-0.39, 0.29) is 0 Å². The Hall–Kier alpha value is -0.520. The largest absolute Gasteiger partial charge is 0.0812 e. The maximum Gasteiger partial charge on any atom is -0.0133 e. The zero-order valence-electron chi connectivity index (χ0n) is 10.6. The van der Waals surface area contributed by atoms with Crippen LogP contribution in [0.4, 0.5) is 0 Å². The van der Waals surface area contributed by atoms with Gasteiger partial charge in [-0.15, -0.1) is 0 Å². The van der Waals surface area contributed by atoms with Crippen LogP contribution in [0.15, 0.2) is 23.3 Å². The minimum absolute atomic E-state index is 0.723. The molecule has 0 nitrogen and oxygen atoms in total. The summed E-state index contributed by atoms with van der Waals surface area (Å²) < 4.78 is 0. The lowest BCUT2D eigenvalue weighted by Crippen LogP contribution is -2.11. The molecule has 0 bridgehead atoms. The maximum atomic E-state index is 2.61. The van der Waals surface area contributed by atoms with Crippen LogP contribution in [0, 0.1) is 23.7 Å². The van der Waals surface area contributed by atoms with E-state index in [0.29, 0.717) is 0 Å². The van der Waals surface area contributed by atoms with Crippen LogP contribution in [0.2, 0.25) is 0 Å². The molecule has 0 saturated heterocycles. The van der Waals surface area contributed by atoms with Crippen LogP contribution < -0.4 is 0 Å². The Labute approximate surface area is 94.5 Å². The average Bonchev–Trinajstić information content (AvgIpc) is 2.43. The van der Waals surface area contributed by atoms with Crippen molar-refractivity contribution in [3.8, 4) is 0 Å². The van der Waals surface area contributed by atoms with Gasteiger partial charge in [-0.2, -0.15) is 0 Å². The van der Waals surface area contributed by atoms with Gasteiger partial charge >= 0.3 is 0 Å². The number of allylic oxidation sites excluding steroid dienone is 4. The Bertz CT molecular complexity index is 293. The van der Waals surface area contributed by atoms with Gasteiger partial charge in [0.25, 0.3) is 0 Å². The van der Waals surface area contributed by atoms with Gasteiger partial charge in [-0.3, -0.25) is 0 Å². The Morgan fingerprint density at radius 3 is 2.67 bits per heavy atom. The lowest BCUT2D eigenvalue weighted by atomic mass is 9.85. The molecule has 0 aliphatic heterocycles. The number of rotatable bonds is 1. The molecule has 15 heavy (non-hydrogen) atoms. The molecule has 3 atom stereocenters. The Morgan fingerprint density at radius 1 is 1.27 bits per heavy atom. The Kier molecular flexibility index (Phi) is 3.04. The minimum atomic E-state index is 0.723. The van der Waals surface area contributed by atoms with Crippen molar-refractivity contribution >= 4 is 0 Å². The third kappa shape index (κ3) is 2.04. The van der Waals surface area contributed by atoms with Gasteiger partial charge in [0.05, 0.1) is 0 Å². The highest BCUT2D eigenvalue weighted by Crippen LogP contribution is 2.44. The fraction of sp³-hybridized carbons (Fsp3) is 0.733. The van der Waals surface area contributed by atoms with Crippen molar-refractivity contribution in [2.75, 3.05) is 0 Å². The van der Waals surface area contributed by atoms with Crippen molar-refractivity contribution < 1.29 is 0 Å². The van der Waals surface area contributed by atoms with E-state index in [1.165, 1.54) is 19.3 Å². The molecule has 0 aromatic carbocycles. The van der Waals surface area contributed by atoms with E-state index in [1.807, 2.05) is 0 Å². The molecular weight excluding hydrogens is 180 g/mol. The van der Waals surface area contributed by atoms with Crippen LogP contribution >= 0.6 is 0 Å². The second-order valence-electron chi connectivity index (χ2n) is 5.79. The van der Waals surface area contributed by atoms with E-state index >= 15 is 0 Å². The van der Waals surface area contributed by atoms with Crippen molar-refractivity contribution in [2.24, 2.45) is 23.7 Å². The molecule has 0 N–H and O–H groups in total. The molecule has 0 unspecified atom stereocenters. The highest BCUT2D eigenvalue weighted by molar-refractivity contribution is 5.23. The van der Waals surface area contributed by atoms with Crippen molar-refractivity contribution in [3.05, 3.63) is 23.3 Å².